The van der Waals surface area contributed by atoms with Gasteiger partial charge in [-0.2, -0.15) is 13.2 Å². The number of thiophene rings is 1. The van der Waals surface area contributed by atoms with Gasteiger partial charge < -0.3 is 5.32 Å². The highest BCUT2D eigenvalue weighted by Crippen LogP contribution is 2.36. The monoisotopic (exact) mass is 299 g/mol. The summed E-state index contributed by atoms with van der Waals surface area (Å²) in [5.74, 6) is 0. The van der Waals surface area contributed by atoms with E-state index in [1.54, 1.807) is 6.07 Å². The molecule has 1 heterocycles. The van der Waals surface area contributed by atoms with Gasteiger partial charge in [-0.05, 0) is 42.8 Å². The predicted octanol–water partition coefficient (Wildman–Crippen LogP) is 4.85. The van der Waals surface area contributed by atoms with Crippen molar-refractivity contribution in [2.45, 2.75) is 26.6 Å². The number of aryl methyl sites for hydroxylation is 1. The van der Waals surface area contributed by atoms with Crippen LogP contribution in [0.1, 0.15) is 22.9 Å². The molecule has 1 aromatic carbocycles. The molecule has 0 amide bonds. The van der Waals surface area contributed by atoms with E-state index in [1.165, 1.54) is 30.4 Å². The van der Waals surface area contributed by atoms with Crippen molar-refractivity contribution in [2.75, 3.05) is 6.54 Å². The summed E-state index contributed by atoms with van der Waals surface area (Å²) in [5, 5.41) is 3.20. The molecule has 0 fully saturated rings. The lowest BCUT2D eigenvalue weighted by molar-refractivity contribution is -0.138. The third-order valence-corrected chi connectivity index (χ3v) is 4.17. The molecule has 1 N–H and O–H groups in total. The van der Waals surface area contributed by atoms with Gasteiger partial charge in [-0.15, -0.1) is 11.3 Å². The molecule has 2 aromatic rings. The summed E-state index contributed by atoms with van der Waals surface area (Å²) in [6.07, 6.45) is -4.30. The largest absolute Gasteiger partial charge is 0.416 e. The molecule has 108 valence electrons. The fourth-order valence-electron chi connectivity index (χ4n) is 1.96. The molecule has 20 heavy (non-hydrogen) atoms. The molecule has 0 radical (unpaired) electrons. The third kappa shape index (κ3) is 3.41. The van der Waals surface area contributed by atoms with Crippen LogP contribution in [0, 0.1) is 6.92 Å². The Balaban J connectivity index is 2.31. The number of rotatable bonds is 4. The lowest BCUT2D eigenvalue weighted by Crippen LogP contribution is -2.10. The maximum absolute atomic E-state index is 12.9. The maximum atomic E-state index is 12.9. The first kappa shape index (κ1) is 15.1. The molecule has 1 nitrogen and oxygen atoms in total. The Labute approximate surface area is 120 Å². The van der Waals surface area contributed by atoms with Crippen molar-refractivity contribution >= 4 is 11.3 Å². The molecule has 0 aliphatic carbocycles. The number of hydrogen-bond donors (Lipinski definition) is 1. The summed E-state index contributed by atoms with van der Waals surface area (Å²) in [5.41, 5.74) is 0.318. The first-order valence-corrected chi connectivity index (χ1v) is 7.21. The van der Waals surface area contributed by atoms with Gasteiger partial charge in [-0.3, -0.25) is 0 Å². The molecule has 2 rings (SSSR count). The Morgan fingerprint density at radius 2 is 1.90 bits per heavy atom. The minimum absolute atomic E-state index is 0.255. The minimum atomic E-state index is -4.30. The van der Waals surface area contributed by atoms with Crippen LogP contribution in [0.3, 0.4) is 0 Å². The van der Waals surface area contributed by atoms with Crippen molar-refractivity contribution < 1.29 is 13.2 Å². The average molecular weight is 299 g/mol. The SMILES string of the molecule is CCNCc1ccc(-c2ccc(C)c(C(F)(F)F)c2)s1. The Hall–Kier alpha value is -1.33. The van der Waals surface area contributed by atoms with Crippen molar-refractivity contribution in [2.24, 2.45) is 0 Å². The molecule has 0 aliphatic heterocycles. The van der Waals surface area contributed by atoms with Crippen molar-refractivity contribution in [3.05, 3.63) is 46.3 Å². The topological polar surface area (TPSA) is 12.0 Å². The van der Waals surface area contributed by atoms with E-state index in [9.17, 15) is 13.2 Å². The molecule has 0 aliphatic rings. The van der Waals surface area contributed by atoms with Crippen LogP contribution in [-0.2, 0) is 12.7 Å². The van der Waals surface area contributed by atoms with Crippen LogP contribution in [-0.4, -0.2) is 6.54 Å². The van der Waals surface area contributed by atoms with Gasteiger partial charge in [-0.1, -0.05) is 19.1 Å². The molecule has 1 aromatic heterocycles. The van der Waals surface area contributed by atoms with Crippen LogP contribution in [0.15, 0.2) is 30.3 Å². The standard InChI is InChI=1S/C15H16F3NS/c1-3-19-9-12-6-7-14(20-12)11-5-4-10(2)13(8-11)15(16,17)18/h4-8,19H,3,9H2,1-2H3. The second-order valence-corrected chi connectivity index (χ2v) is 5.74. The lowest BCUT2D eigenvalue weighted by atomic mass is 10.0. The maximum Gasteiger partial charge on any atom is 0.416 e. The number of benzene rings is 1. The van der Waals surface area contributed by atoms with E-state index < -0.39 is 11.7 Å². The molecule has 0 bridgehead atoms. The lowest BCUT2D eigenvalue weighted by Gasteiger charge is -2.11. The van der Waals surface area contributed by atoms with Gasteiger partial charge in [0.25, 0.3) is 0 Å². The number of halogens is 3. The van der Waals surface area contributed by atoms with Gasteiger partial charge in [0.15, 0.2) is 0 Å². The predicted molar refractivity (Wildman–Crippen MR) is 76.9 cm³/mol. The van der Waals surface area contributed by atoms with E-state index in [1.807, 2.05) is 19.1 Å². The highest BCUT2D eigenvalue weighted by atomic mass is 32.1. The molecule has 0 saturated carbocycles. The van der Waals surface area contributed by atoms with Crippen LogP contribution in [0.4, 0.5) is 13.2 Å². The minimum Gasteiger partial charge on any atom is -0.312 e. The molecule has 0 atom stereocenters. The van der Waals surface area contributed by atoms with Crippen LogP contribution in [0.5, 0.6) is 0 Å². The van der Waals surface area contributed by atoms with Crippen molar-refractivity contribution in [3.8, 4) is 10.4 Å². The van der Waals surface area contributed by atoms with E-state index in [2.05, 4.69) is 5.32 Å². The van der Waals surface area contributed by atoms with Gasteiger partial charge in [0, 0.05) is 16.3 Å². The Bertz CT molecular complexity index is 587. The van der Waals surface area contributed by atoms with E-state index in [4.69, 9.17) is 0 Å². The molecular formula is C15H16F3NS. The Morgan fingerprint density at radius 3 is 2.55 bits per heavy atom. The average Bonchev–Trinajstić information content (AvgIpc) is 2.84. The van der Waals surface area contributed by atoms with Crippen molar-refractivity contribution in [3.63, 3.8) is 0 Å². The summed E-state index contributed by atoms with van der Waals surface area (Å²) in [6.45, 7) is 5.12. The normalized spacial score (nSPS) is 11.8. The zero-order valence-corrected chi connectivity index (χ0v) is 12.2. The van der Waals surface area contributed by atoms with Gasteiger partial charge in [0.1, 0.15) is 0 Å². The van der Waals surface area contributed by atoms with Crippen LogP contribution >= 0.6 is 11.3 Å². The highest BCUT2D eigenvalue weighted by molar-refractivity contribution is 7.15. The van der Waals surface area contributed by atoms with Crippen LogP contribution in [0.25, 0.3) is 10.4 Å². The zero-order valence-electron chi connectivity index (χ0n) is 11.3. The summed E-state index contributed by atoms with van der Waals surface area (Å²) >= 11 is 1.52. The summed E-state index contributed by atoms with van der Waals surface area (Å²) in [4.78, 5) is 1.99. The van der Waals surface area contributed by atoms with E-state index in [-0.39, 0.29) is 5.56 Å². The number of alkyl halides is 3. The van der Waals surface area contributed by atoms with Crippen LogP contribution in [0.2, 0.25) is 0 Å². The second-order valence-electron chi connectivity index (χ2n) is 4.57. The van der Waals surface area contributed by atoms with Crippen molar-refractivity contribution in [1.29, 1.82) is 0 Å². The smallest absolute Gasteiger partial charge is 0.312 e. The zero-order chi connectivity index (χ0) is 14.8. The molecular weight excluding hydrogens is 283 g/mol. The summed E-state index contributed by atoms with van der Waals surface area (Å²) < 4.78 is 38.7. The fourth-order valence-corrected chi connectivity index (χ4v) is 2.93. The van der Waals surface area contributed by atoms with Gasteiger partial charge >= 0.3 is 6.18 Å². The van der Waals surface area contributed by atoms with Gasteiger partial charge in [-0.25, -0.2) is 0 Å². The fraction of sp³-hybridized carbons (Fsp3) is 0.333. The van der Waals surface area contributed by atoms with Crippen molar-refractivity contribution in [1.82, 2.24) is 5.32 Å². The second kappa shape index (κ2) is 5.97. The quantitative estimate of drug-likeness (QED) is 0.851. The van der Waals surface area contributed by atoms with E-state index >= 15 is 0 Å². The summed E-state index contributed by atoms with van der Waals surface area (Å²) in [7, 11) is 0. The molecule has 5 heteroatoms. The van der Waals surface area contributed by atoms with Crippen LogP contribution < -0.4 is 5.32 Å². The Kier molecular flexibility index (Phi) is 4.50. The van der Waals surface area contributed by atoms with Gasteiger partial charge in [0.05, 0.1) is 5.56 Å². The first-order valence-electron chi connectivity index (χ1n) is 6.39. The third-order valence-electron chi connectivity index (χ3n) is 3.04. The van der Waals surface area contributed by atoms with E-state index in [0.717, 1.165) is 22.8 Å². The highest BCUT2D eigenvalue weighted by Gasteiger charge is 2.32. The van der Waals surface area contributed by atoms with Gasteiger partial charge in [0.2, 0.25) is 0 Å². The Morgan fingerprint density at radius 1 is 1.15 bits per heavy atom. The number of hydrogen-bond acceptors (Lipinski definition) is 2. The first-order chi connectivity index (χ1) is 9.41. The molecule has 0 unspecified atom stereocenters. The summed E-state index contributed by atoms with van der Waals surface area (Å²) in [6, 6.07) is 8.34. The number of nitrogens with one attached hydrogen (secondary N) is 1. The molecule has 0 spiro atoms. The molecule has 0 saturated heterocycles. The van der Waals surface area contributed by atoms with E-state index in [0.29, 0.717) is 5.56 Å².